The Bertz CT molecular complexity index is 1290. The summed E-state index contributed by atoms with van der Waals surface area (Å²) in [5.41, 5.74) is 1.42. The van der Waals surface area contributed by atoms with Crippen molar-refractivity contribution < 1.29 is 17.2 Å². The molecule has 3 N–H and O–H groups in total. The van der Waals surface area contributed by atoms with Gasteiger partial charge < -0.3 is 15.5 Å². The SMILES string of the molecule is CN1CCN(CCNc2cc(Cl)ccc2CNc2cc(F)c(S(=O)(=O)Nc3ncns3)cc2F)CC1. The summed E-state index contributed by atoms with van der Waals surface area (Å²) >= 11 is 6.96. The van der Waals surface area contributed by atoms with Gasteiger partial charge in [0.05, 0.1) is 5.69 Å². The molecule has 0 unspecified atom stereocenters. The highest BCUT2D eigenvalue weighted by Crippen LogP contribution is 2.27. The number of likely N-dealkylation sites (N-methyl/N-ethyl adjacent to an activating group) is 1. The summed E-state index contributed by atoms with van der Waals surface area (Å²) in [7, 11) is -2.26. The Labute approximate surface area is 217 Å². The van der Waals surface area contributed by atoms with E-state index in [-0.39, 0.29) is 17.4 Å². The van der Waals surface area contributed by atoms with Gasteiger partial charge in [-0.2, -0.15) is 4.37 Å². The Morgan fingerprint density at radius 1 is 1.06 bits per heavy atom. The monoisotopic (exact) mass is 557 g/mol. The topological polar surface area (TPSA) is 102 Å². The van der Waals surface area contributed by atoms with Crippen LogP contribution in [0.3, 0.4) is 0 Å². The number of piperazine rings is 1. The Morgan fingerprint density at radius 2 is 1.83 bits per heavy atom. The van der Waals surface area contributed by atoms with E-state index in [0.29, 0.717) is 17.6 Å². The van der Waals surface area contributed by atoms with Crippen molar-refractivity contribution in [2.75, 3.05) is 61.7 Å². The normalized spacial score (nSPS) is 15.1. The molecule has 0 spiro atoms. The lowest BCUT2D eigenvalue weighted by molar-refractivity contribution is 0.158. The summed E-state index contributed by atoms with van der Waals surface area (Å²) in [5.74, 6) is -2.01. The molecular formula is C22H26ClF2N7O2S2. The van der Waals surface area contributed by atoms with Crippen molar-refractivity contribution in [1.82, 2.24) is 19.2 Å². The minimum Gasteiger partial charge on any atom is -0.383 e. The number of hydrogen-bond acceptors (Lipinski definition) is 9. The second-order valence-corrected chi connectivity index (χ2v) is 11.2. The Kier molecular flexibility index (Phi) is 8.57. The van der Waals surface area contributed by atoms with Crippen LogP contribution in [-0.4, -0.2) is 73.9 Å². The number of rotatable bonds is 10. The summed E-state index contributed by atoms with van der Waals surface area (Å²) in [6, 6.07) is 6.76. The highest BCUT2D eigenvalue weighted by Gasteiger charge is 2.23. The van der Waals surface area contributed by atoms with Crippen LogP contribution in [-0.2, 0) is 16.6 Å². The van der Waals surface area contributed by atoms with Crippen LogP contribution in [0, 0.1) is 11.6 Å². The number of hydrogen-bond donors (Lipinski definition) is 3. The predicted molar refractivity (Wildman–Crippen MR) is 138 cm³/mol. The fraction of sp³-hybridized carbons (Fsp3) is 0.364. The van der Waals surface area contributed by atoms with E-state index in [4.69, 9.17) is 11.6 Å². The molecule has 0 amide bonds. The Balaban J connectivity index is 1.41. The van der Waals surface area contributed by atoms with E-state index in [0.717, 1.165) is 67.9 Å². The summed E-state index contributed by atoms with van der Waals surface area (Å²) in [6.07, 6.45) is 1.15. The molecule has 4 rings (SSSR count). The number of benzene rings is 2. The third-order valence-electron chi connectivity index (χ3n) is 5.77. The van der Waals surface area contributed by atoms with Crippen LogP contribution < -0.4 is 15.4 Å². The van der Waals surface area contributed by atoms with Crippen LogP contribution in [0.5, 0.6) is 0 Å². The summed E-state index contributed by atoms with van der Waals surface area (Å²) in [4.78, 5) is 7.55. The van der Waals surface area contributed by atoms with Crippen molar-refractivity contribution in [1.29, 1.82) is 0 Å². The molecule has 2 heterocycles. The zero-order valence-electron chi connectivity index (χ0n) is 19.5. The van der Waals surface area contributed by atoms with Gasteiger partial charge in [0, 0.05) is 74.1 Å². The first kappa shape index (κ1) is 26.5. The van der Waals surface area contributed by atoms with Gasteiger partial charge in [0.2, 0.25) is 5.13 Å². The molecule has 3 aromatic rings. The molecule has 1 aromatic heterocycles. The molecule has 1 aliphatic rings. The maximum absolute atomic E-state index is 14.8. The molecule has 9 nitrogen and oxygen atoms in total. The van der Waals surface area contributed by atoms with Crippen molar-refractivity contribution in [3.8, 4) is 0 Å². The van der Waals surface area contributed by atoms with Crippen molar-refractivity contribution >= 4 is 49.7 Å². The minimum absolute atomic E-state index is 0.0487. The second kappa shape index (κ2) is 11.6. The number of sulfonamides is 1. The quantitative estimate of drug-likeness (QED) is 0.348. The molecule has 14 heteroatoms. The summed E-state index contributed by atoms with van der Waals surface area (Å²) in [5, 5.41) is 6.73. The number of aromatic nitrogens is 2. The second-order valence-electron chi connectivity index (χ2n) is 8.34. The average Bonchev–Trinajstić information content (AvgIpc) is 3.34. The van der Waals surface area contributed by atoms with Gasteiger partial charge in [-0.05, 0) is 30.8 Å². The van der Waals surface area contributed by atoms with Gasteiger partial charge in [-0.15, -0.1) is 0 Å². The molecule has 194 valence electrons. The third-order valence-corrected chi connectivity index (χ3v) is 8.07. The van der Waals surface area contributed by atoms with E-state index >= 15 is 0 Å². The molecule has 1 fully saturated rings. The van der Waals surface area contributed by atoms with Gasteiger partial charge in [-0.3, -0.25) is 9.62 Å². The predicted octanol–water partition coefficient (Wildman–Crippen LogP) is 3.54. The maximum Gasteiger partial charge on any atom is 0.266 e. The first-order valence-corrected chi connectivity index (χ1v) is 13.8. The van der Waals surface area contributed by atoms with Crippen LogP contribution in [0.1, 0.15) is 5.56 Å². The van der Waals surface area contributed by atoms with Crippen molar-refractivity contribution in [3.63, 3.8) is 0 Å². The standard InChI is InChI=1S/C22H26ClF2N7O2S2/c1-31-6-8-32(9-7-31)5-4-26-19-10-16(23)3-2-15(19)13-27-20-11-18(25)21(12-17(20)24)36(33,34)30-22-28-14-29-35-22/h2-3,10-12,14,26-27H,4-9,13H2,1H3,(H,28,29,30). The van der Waals surface area contributed by atoms with E-state index in [1.165, 1.54) is 0 Å². The number of halogens is 3. The molecule has 2 aromatic carbocycles. The first-order valence-electron chi connectivity index (χ1n) is 11.2. The highest BCUT2D eigenvalue weighted by atomic mass is 35.5. The summed E-state index contributed by atoms with van der Waals surface area (Å²) in [6.45, 7) is 5.82. The minimum atomic E-state index is -4.37. The first-order chi connectivity index (χ1) is 17.2. The zero-order valence-corrected chi connectivity index (χ0v) is 21.9. The highest BCUT2D eigenvalue weighted by molar-refractivity contribution is 7.93. The van der Waals surface area contributed by atoms with Gasteiger partial charge in [0.1, 0.15) is 22.9 Å². The van der Waals surface area contributed by atoms with Gasteiger partial charge in [-0.25, -0.2) is 22.2 Å². The van der Waals surface area contributed by atoms with Crippen LogP contribution in [0.25, 0.3) is 0 Å². The largest absolute Gasteiger partial charge is 0.383 e. The van der Waals surface area contributed by atoms with E-state index in [2.05, 4.69) is 41.6 Å². The third kappa shape index (κ3) is 6.79. The van der Waals surface area contributed by atoms with E-state index in [9.17, 15) is 17.2 Å². The van der Waals surface area contributed by atoms with E-state index in [1.54, 1.807) is 18.2 Å². The molecule has 36 heavy (non-hydrogen) atoms. The van der Waals surface area contributed by atoms with Gasteiger partial charge in [0.25, 0.3) is 10.0 Å². The van der Waals surface area contributed by atoms with Gasteiger partial charge in [0.15, 0.2) is 0 Å². The van der Waals surface area contributed by atoms with Crippen molar-refractivity contribution in [3.05, 3.63) is 58.9 Å². The van der Waals surface area contributed by atoms with Crippen LogP contribution in [0.2, 0.25) is 5.02 Å². The lowest BCUT2D eigenvalue weighted by Crippen LogP contribution is -2.45. The van der Waals surface area contributed by atoms with Crippen LogP contribution in [0.4, 0.5) is 25.3 Å². The van der Waals surface area contributed by atoms with Gasteiger partial charge in [-0.1, -0.05) is 17.7 Å². The van der Waals surface area contributed by atoms with Crippen molar-refractivity contribution in [2.24, 2.45) is 0 Å². The Morgan fingerprint density at radius 3 is 2.56 bits per heavy atom. The number of nitrogens with zero attached hydrogens (tertiary/aromatic N) is 4. The molecule has 0 aliphatic carbocycles. The molecule has 1 aliphatic heterocycles. The van der Waals surface area contributed by atoms with Gasteiger partial charge >= 0.3 is 0 Å². The lowest BCUT2D eigenvalue weighted by Gasteiger charge is -2.32. The zero-order chi connectivity index (χ0) is 25.7. The molecule has 0 saturated carbocycles. The molecule has 0 bridgehead atoms. The summed E-state index contributed by atoms with van der Waals surface area (Å²) < 4.78 is 60.1. The smallest absolute Gasteiger partial charge is 0.266 e. The van der Waals surface area contributed by atoms with Crippen molar-refractivity contribution in [2.45, 2.75) is 11.4 Å². The van der Waals surface area contributed by atoms with E-state index in [1.807, 2.05) is 0 Å². The maximum atomic E-state index is 14.8. The molecule has 1 saturated heterocycles. The molecular weight excluding hydrogens is 532 g/mol. The van der Waals surface area contributed by atoms with E-state index < -0.39 is 26.6 Å². The fourth-order valence-corrected chi connectivity index (χ4v) is 5.64. The van der Waals surface area contributed by atoms with Crippen LogP contribution in [0.15, 0.2) is 41.6 Å². The Hall–Kier alpha value is -2.58. The lowest BCUT2D eigenvalue weighted by atomic mass is 10.1. The number of anilines is 3. The average molecular weight is 558 g/mol. The molecule has 0 atom stereocenters. The number of nitrogens with one attached hydrogen (secondary N) is 3. The van der Waals surface area contributed by atoms with Crippen LogP contribution >= 0.6 is 23.1 Å². The molecule has 0 radical (unpaired) electrons. The fourth-order valence-electron chi connectivity index (χ4n) is 3.74.